The molecule has 164 valence electrons. The zero-order valence-corrected chi connectivity index (χ0v) is 17.4. The predicted molar refractivity (Wildman–Crippen MR) is 107 cm³/mol. The number of aromatic nitrogens is 2. The van der Waals surface area contributed by atoms with Crippen molar-refractivity contribution in [2.45, 2.75) is 38.8 Å². The molecule has 0 spiro atoms. The summed E-state index contributed by atoms with van der Waals surface area (Å²) >= 11 is 0. The van der Waals surface area contributed by atoms with Crippen LogP contribution in [0.25, 0.3) is 0 Å². The average molecular weight is 419 g/mol. The molecule has 10 nitrogen and oxygen atoms in total. The number of fused-ring (bicyclic) bond motifs is 1. The number of carbonyl (C=O) groups is 3. The van der Waals surface area contributed by atoms with Gasteiger partial charge in [0.05, 0.1) is 25.2 Å². The highest BCUT2D eigenvalue weighted by Gasteiger charge is 2.51. The summed E-state index contributed by atoms with van der Waals surface area (Å²) in [6, 6.07) is -0.346. The lowest BCUT2D eigenvalue weighted by Gasteiger charge is -2.40. The van der Waals surface area contributed by atoms with Crippen molar-refractivity contribution in [2.75, 3.05) is 39.4 Å². The van der Waals surface area contributed by atoms with Crippen LogP contribution in [0.3, 0.4) is 0 Å². The van der Waals surface area contributed by atoms with Gasteiger partial charge in [-0.3, -0.25) is 14.4 Å². The summed E-state index contributed by atoms with van der Waals surface area (Å²) < 4.78 is 5.37. The number of morpholine rings is 1. The first-order chi connectivity index (χ1) is 14.3. The van der Waals surface area contributed by atoms with Crippen molar-refractivity contribution < 1.29 is 19.1 Å². The number of ether oxygens (including phenoxy) is 1. The Balaban J connectivity index is 1.54. The molecule has 0 aliphatic carbocycles. The number of rotatable bonds is 4. The quantitative estimate of drug-likeness (QED) is 0.692. The molecule has 0 bridgehead atoms. The summed E-state index contributed by atoms with van der Waals surface area (Å²) in [6.07, 6.45) is 2.62. The molecule has 3 saturated heterocycles. The van der Waals surface area contributed by atoms with Crippen LogP contribution in [0, 0.1) is 11.8 Å². The number of H-pyrrole nitrogens is 2. The average Bonchev–Trinajstić information content (AvgIpc) is 3.31. The van der Waals surface area contributed by atoms with Crippen LogP contribution in [0.15, 0.2) is 11.0 Å². The summed E-state index contributed by atoms with van der Waals surface area (Å²) in [4.78, 5) is 60.5. The topological polar surface area (TPSA) is 119 Å². The van der Waals surface area contributed by atoms with Crippen LogP contribution >= 0.6 is 0 Å². The lowest BCUT2D eigenvalue weighted by atomic mass is 9.90. The van der Waals surface area contributed by atoms with Gasteiger partial charge >= 0.3 is 5.69 Å². The Morgan fingerprint density at radius 1 is 1.20 bits per heavy atom. The first-order valence-corrected chi connectivity index (χ1v) is 10.6. The van der Waals surface area contributed by atoms with Crippen molar-refractivity contribution in [3.63, 3.8) is 0 Å². The Bertz CT molecular complexity index is 871. The highest BCUT2D eigenvalue weighted by molar-refractivity contribution is 5.96. The fourth-order valence-corrected chi connectivity index (χ4v) is 4.96. The second-order valence-corrected chi connectivity index (χ2v) is 8.77. The molecule has 30 heavy (non-hydrogen) atoms. The van der Waals surface area contributed by atoms with E-state index in [9.17, 15) is 19.2 Å². The predicted octanol–water partition coefficient (Wildman–Crippen LogP) is -0.351. The largest absolute Gasteiger partial charge is 0.378 e. The van der Waals surface area contributed by atoms with Crippen LogP contribution in [0.1, 0.15) is 37.2 Å². The van der Waals surface area contributed by atoms with Crippen LogP contribution in [0.5, 0.6) is 0 Å². The number of amides is 3. The van der Waals surface area contributed by atoms with E-state index >= 15 is 0 Å². The fourth-order valence-electron chi connectivity index (χ4n) is 4.96. The Morgan fingerprint density at radius 2 is 1.93 bits per heavy atom. The minimum atomic E-state index is -0.461. The van der Waals surface area contributed by atoms with Gasteiger partial charge < -0.3 is 29.4 Å². The van der Waals surface area contributed by atoms with E-state index in [-0.39, 0.29) is 48.0 Å². The van der Waals surface area contributed by atoms with Gasteiger partial charge in [-0.05, 0) is 18.8 Å². The molecule has 10 heteroatoms. The standard InChI is InChI=1S/C20H29N5O5/c1-12(2)7-16-14(18(27)23-3-5-30-6-4-23)8-13-10-24(11-17(26)25(13)16)19(28)15-9-21-20(29)22-15/h9,12-14,16H,3-8,10-11H2,1-2H3,(H2,21,22,29)/t13-,14-,16-/m0/s1. The maximum absolute atomic E-state index is 13.3. The number of piperazine rings is 1. The molecule has 0 saturated carbocycles. The van der Waals surface area contributed by atoms with Crippen molar-refractivity contribution >= 4 is 17.7 Å². The Kier molecular flexibility index (Phi) is 5.68. The minimum Gasteiger partial charge on any atom is -0.378 e. The first kappa shape index (κ1) is 20.6. The number of aromatic amines is 2. The summed E-state index contributed by atoms with van der Waals surface area (Å²) in [5.74, 6) is -0.364. The zero-order valence-electron chi connectivity index (χ0n) is 17.4. The third kappa shape index (κ3) is 3.88. The SMILES string of the molecule is CC(C)C[C@H]1[C@@H](C(=O)N2CCOCC2)C[C@H]2CN(C(=O)c3c[nH]c(=O)[nH]3)CC(=O)N21. The zero-order chi connectivity index (χ0) is 21.4. The Hall–Kier alpha value is -2.62. The molecule has 0 radical (unpaired) electrons. The maximum atomic E-state index is 13.3. The van der Waals surface area contributed by atoms with Gasteiger partial charge in [-0.25, -0.2) is 4.79 Å². The van der Waals surface area contributed by atoms with Crippen LogP contribution in [-0.4, -0.2) is 93.9 Å². The van der Waals surface area contributed by atoms with Gasteiger partial charge in [-0.1, -0.05) is 13.8 Å². The van der Waals surface area contributed by atoms with Gasteiger partial charge in [0.15, 0.2) is 0 Å². The molecule has 3 fully saturated rings. The third-order valence-electron chi connectivity index (χ3n) is 6.25. The lowest BCUT2D eigenvalue weighted by molar-refractivity contribution is -0.143. The smallest absolute Gasteiger partial charge is 0.323 e. The molecule has 1 aromatic heterocycles. The van der Waals surface area contributed by atoms with E-state index in [1.807, 2.05) is 9.80 Å². The van der Waals surface area contributed by atoms with E-state index in [0.29, 0.717) is 45.2 Å². The molecule has 3 aliphatic rings. The molecule has 0 aromatic carbocycles. The lowest BCUT2D eigenvalue weighted by Crippen LogP contribution is -2.58. The van der Waals surface area contributed by atoms with Crippen molar-refractivity contribution in [2.24, 2.45) is 11.8 Å². The van der Waals surface area contributed by atoms with E-state index in [1.54, 1.807) is 0 Å². The number of imidazole rings is 1. The molecule has 2 N–H and O–H groups in total. The van der Waals surface area contributed by atoms with Gasteiger partial charge in [0.25, 0.3) is 5.91 Å². The second kappa shape index (κ2) is 8.25. The van der Waals surface area contributed by atoms with E-state index in [2.05, 4.69) is 23.8 Å². The molecule has 3 amide bonds. The molecule has 1 aromatic rings. The highest BCUT2D eigenvalue weighted by atomic mass is 16.5. The van der Waals surface area contributed by atoms with E-state index in [1.165, 1.54) is 11.1 Å². The van der Waals surface area contributed by atoms with E-state index < -0.39 is 5.69 Å². The first-order valence-electron chi connectivity index (χ1n) is 10.6. The van der Waals surface area contributed by atoms with Crippen molar-refractivity contribution in [1.29, 1.82) is 0 Å². The monoisotopic (exact) mass is 419 g/mol. The molecular weight excluding hydrogens is 390 g/mol. The van der Waals surface area contributed by atoms with E-state index in [4.69, 9.17) is 4.74 Å². The Labute approximate surface area is 174 Å². The molecule has 3 aliphatic heterocycles. The van der Waals surface area contributed by atoms with Crippen LogP contribution in [-0.2, 0) is 14.3 Å². The minimum absolute atomic E-state index is 0.0460. The van der Waals surface area contributed by atoms with Gasteiger partial charge in [0, 0.05) is 31.9 Å². The Morgan fingerprint density at radius 3 is 2.57 bits per heavy atom. The van der Waals surface area contributed by atoms with E-state index in [0.717, 1.165) is 6.42 Å². The number of nitrogens with one attached hydrogen (secondary N) is 2. The normalized spacial score (nSPS) is 27.0. The summed E-state index contributed by atoms with van der Waals surface area (Å²) in [5.41, 5.74) is -0.323. The van der Waals surface area contributed by atoms with Crippen molar-refractivity contribution in [1.82, 2.24) is 24.7 Å². The molecule has 0 unspecified atom stereocenters. The maximum Gasteiger partial charge on any atom is 0.323 e. The number of hydrogen-bond acceptors (Lipinski definition) is 5. The fraction of sp³-hybridized carbons (Fsp3) is 0.700. The summed E-state index contributed by atoms with van der Waals surface area (Å²) in [6.45, 7) is 6.73. The molecule has 4 rings (SSSR count). The summed E-state index contributed by atoms with van der Waals surface area (Å²) in [7, 11) is 0. The second-order valence-electron chi connectivity index (χ2n) is 8.77. The van der Waals surface area contributed by atoms with Gasteiger partial charge in [-0.15, -0.1) is 0 Å². The number of hydrogen-bond donors (Lipinski definition) is 2. The third-order valence-corrected chi connectivity index (χ3v) is 6.25. The molecule has 3 atom stereocenters. The summed E-state index contributed by atoms with van der Waals surface area (Å²) in [5, 5.41) is 0. The van der Waals surface area contributed by atoms with Crippen molar-refractivity contribution in [3.8, 4) is 0 Å². The van der Waals surface area contributed by atoms with Crippen LogP contribution < -0.4 is 5.69 Å². The van der Waals surface area contributed by atoms with Gasteiger partial charge in [0.1, 0.15) is 12.2 Å². The van der Waals surface area contributed by atoms with Crippen molar-refractivity contribution in [3.05, 3.63) is 22.4 Å². The van der Waals surface area contributed by atoms with Crippen LogP contribution in [0.2, 0.25) is 0 Å². The molecular formula is C20H29N5O5. The van der Waals surface area contributed by atoms with Gasteiger partial charge in [-0.2, -0.15) is 0 Å². The van der Waals surface area contributed by atoms with Gasteiger partial charge in [0.2, 0.25) is 11.8 Å². The number of carbonyl (C=O) groups excluding carboxylic acids is 3. The van der Waals surface area contributed by atoms with Crippen LogP contribution in [0.4, 0.5) is 0 Å². The highest BCUT2D eigenvalue weighted by Crippen LogP contribution is 2.37. The molecule has 4 heterocycles. The number of nitrogens with zero attached hydrogens (tertiary/aromatic N) is 3.